The Bertz CT molecular complexity index is 856. The van der Waals surface area contributed by atoms with Gasteiger partial charge in [-0.1, -0.05) is 12.1 Å². The molecule has 0 spiro atoms. The van der Waals surface area contributed by atoms with Crippen LogP contribution in [0.4, 0.5) is 4.39 Å². The number of rotatable bonds is 4. The van der Waals surface area contributed by atoms with Gasteiger partial charge in [0.1, 0.15) is 22.3 Å². The van der Waals surface area contributed by atoms with E-state index in [9.17, 15) is 4.39 Å². The number of piperidine rings is 1. The molecule has 0 radical (unpaired) electrons. The highest BCUT2D eigenvalue weighted by Crippen LogP contribution is 2.29. The van der Waals surface area contributed by atoms with Gasteiger partial charge in [0.15, 0.2) is 0 Å². The van der Waals surface area contributed by atoms with Gasteiger partial charge >= 0.3 is 0 Å². The Morgan fingerprint density at radius 1 is 1.15 bits per heavy atom. The van der Waals surface area contributed by atoms with Crippen LogP contribution in [0.5, 0.6) is 0 Å². The molecular formula is C20H21FN4S. The fourth-order valence-corrected chi connectivity index (χ4v) is 4.03. The maximum Gasteiger partial charge on any atom is 0.141 e. The summed E-state index contributed by atoms with van der Waals surface area (Å²) in [7, 11) is 0. The van der Waals surface area contributed by atoms with Crippen LogP contribution in [0.3, 0.4) is 0 Å². The molecule has 0 atom stereocenters. The number of halogens is 1. The van der Waals surface area contributed by atoms with E-state index >= 15 is 0 Å². The van der Waals surface area contributed by atoms with Gasteiger partial charge < -0.3 is 0 Å². The summed E-state index contributed by atoms with van der Waals surface area (Å²) in [5.74, 6) is 1.15. The lowest BCUT2D eigenvalue weighted by atomic mass is 9.95. The van der Waals surface area contributed by atoms with Gasteiger partial charge in [0.05, 0.1) is 0 Å². The molecule has 1 aromatic carbocycles. The van der Waals surface area contributed by atoms with Gasteiger partial charge in [-0.25, -0.2) is 19.3 Å². The summed E-state index contributed by atoms with van der Waals surface area (Å²) in [5, 5.41) is 2.92. The third kappa shape index (κ3) is 3.97. The maximum atomic E-state index is 13.0. The van der Waals surface area contributed by atoms with Gasteiger partial charge in [-0.05, 0) is 56.6 Å². The number of hydrogen-bond acceptors (Lipinski definition) is 5. The molecule has 4 nitrogen and oxygen atoms in total. The van der Waals surface area contributed by atoms with Crippen molar-refractivity contribution in [2.75, 3.05) is 13.1 Å². The molecule has 1 aliphatic heterocycles. The zero-order chi connectivity index (χ0) is 17.9. The van der Waals surface area contributed by atoms with Gasteiger partial charge in [-0.2, -0.15) is 0 Å². The maximum absolute atomic E-state index is 13.0. The molecule has 0 saturated carbocycles. The van der Waals surface area contributed by atoms with Crippen LogP contribution in [0.15, 0.2) is 41.9 Å². The molecule has 0 bridgehead atoms. The molecule has 2 aromatic heterocycles. The minimum atomic E-state index is -0.180. The molecule has 1 saturated heterocycles. The van der Waals surface area contributed by atoms with Crippen molar-refractivity contribution in [3.63, 3.8) is 0 Å². The van der Waals surface area contributed by atoms with E-state index in [4.69, 9.17) is 9.97 Å². The Morgan fingerprint density at radius 2 is 1.92 bits per heavy atom. The molecule has 0 amide bonds. The third-order valence-electron chi connectivity index (χ3n) is 4.80. The number of aryl methyl sites for hydroxylation is 1. The summed E-state index contributed by atoms with van der Waals surface area (Å²) in [6.07, 6.45) is 3.90. The minimum absolute atomic E-state index is 0.180. The predicted molar refractivity (Wildman–Crippen MR) is 102 cm³/mol. The Hall–Kier alpha value is -2.18. The number of thiazole rings is 1. The Morgan fingerprint density at radius 3 is 2.62 bits per heavy atom. The van der Waals surface area contributed by atoms with Crippen LogP contribution in [0.1, 0.15) is 35.8 Å². The van der Waals surface area contributed by atoms with E-state index in [0.29, 0.717) is 5.92 Å². The summed E-state index contributed by atoms with van der Waals surface area (Å²) < 4.78 is 13.0. The molecular weight excluding hydrogens is 347 g/mol. The summed E-state index contributed by atoms with van der Waals surface area (Å²) in [6, 6.07) is 8.80. The van der Waals surface area contributed by atoms with Crippen LogP contribution >= 0.6 is 11.3 Å². The lowest BCUT2D eigenvalue weighted by molar-refractivity contribution is 0.201. The Labute approximate surface area is 156 Å². The zero-order valence-electron chi connectivity index (χ0n) is 14.7. The van der Waals surface area contributed by atoms with Crippen LogP contribution in [-0.2, 0) is 6.54 Å². The van der Waals surface area contributed by atoms with E-state index in [-0.39, 0.29) is 5.82 Å². The van der Waals surface area contributed by atoms with E-state index in [1.165, 1.54) is 12.1 Å². The fraction of sp³-hybridized carbons (Fsp3) is 0.350. The van der Waals surface area contributed by atoms with Crippen molar-refractivity contribution in [1.82, 2.24) is 19.9 Å². The molecule has 6 heteroatoms. The molecule has 0 aliphatic carbocycles. The second-order valence-electron chi connectivity index (χ2n) is 6.77. The minimum Gasteiger partial charge on any atom is -0.299 e. The van der Waals surface area contributed by atoms with E-state index < -0.39 is 0 Å². The van der Waals surface area contributed by atoms with Gasteiger partial charge in [0.25, 0.3) is 0 Å². The lowest BCUT2D eigenvalue weighted by Crippen LogP contribution is -2.33. The molecule has 1 fully saturated rings. The van der Waals surface area contributed by atoms with E-state index in [1.54, 1.807) is 11.3 Å². The SMILES string of the molecule is Cc1cc(-c2nccs2)nc(C2CCN(Cc3ccc(F)cc3)CC2)n1. The van der Waals surface area contributed by atoms with Crippen LogP contribution in [0.2, 0.25) is 0 Å². The lowest BCUT2D eigenvalue weighted by Gasteiger charge is -2.31. The summed E-state index contributed by atoms with van der Waals surface area (Å²) in [6.45, 7) is 4.90. The highest BCUT2D eigenvalue weighted by Gasteiger charge is 2.23. The summed E-state index contributed by atoms with van der Waals surface area (Å²) in [4.78, 5) is 16.3. The van der Waals surface area contributed by atoms with Crippen LogP contribution in [-0.4, -0.2) is 32.9 Å². The number of nitrogens with zero attached hydrogens (tertiary/aromatic N) is 4. The third-order valence-corrected chi connectivity index (χ3v) is 5.59. The van der Waals surface area contributed by atoms with Crippen molar-refractivity contribution >= 4 is 11.3 Å². The normalized spacial score (nSPS) is 16.1. The molecule has 0 N–H and O–H groups in total. The van der Waals surface area contributed by atoms with Gasteiger partial charge in [-0.15, -0.1) is 11.3 Å². The number of hydrogen-bond donors (Lipinski definition) is 0. The fourth-order valence-electron chi connectivity index (χ4n) is 3.43. The number of aromatic nitrogens is 3. The van der Waals surface area contributed by atoms with Crippen molar-refractivity contribution in [3.8, 4) is 10.7 Å². The molecule has 4 rings (SSSR count). The largest absolute Gasteiger partial charge is 0.299 e. The smallest absolute Gasteiger partial charge is 0.141 e. The molecule has 1 aliphatic rings. The first kappa shape index (κ1) is 17.2. The van der Waals surface area contributed by atoms with Crippen molar-refractivity contribution in [2.45, 2.75) is 32.2 Å². The summed E-state index contributed by atoms with van der Waals surface area (Å²) in [5.41, 5.74) is 3.08. The number of likely N-dealkylation sites (tertiary alicyclic amines) is 1. The first-order valence-electron chi connectivity index (χ1n) is 8.89. The quantitative estimate of drug-likeness (QED) is 0.683. The standard InChI is InChI=1S/C20H21FN4S/c1-14-12-18(20-22-8-11-26-20)24-19(23-14)16-6-9-25(10-7-16)13-15-2-4-17(21)5-3-15/h2-5,8,11-12,16H,6-7,9-10,13H2,1H3. The monoisotopic (exact) mass is 368 g/mol. The Balaban J connectivity index is 1.42. The van der Waals surface area contributed by atoms with E-state index in [0.717, 1.165) is 60.3 Å². The van der Waals surface area contributed by atoms with E-state index in [2.05, 4.69) is 9.88 Å². The zero-order valence-corrected chi connectivity index (χ0v) is 15.5. The first-order chi connectivity index (χ1) is 12.7. The highest BCUT2D eigenvalue weighted by molar-refractivity contribution is 7.13. The van der Waals surface area contributed by atoms with Gasteiger partial charge in [-0.3, -0.25) is 4.90 Å². The van der Waals surface area contributed by atoms with Crippen molar-refractivity contribution in [3.05, 3.63) is 64.8 Å². The van der Waals surface area contributed by atoms with Crippen molar-refractivity contribution in [2.24, 2.45) is 0 Å². The van der Waals surface area contributed by atoms with Gasteiger partial charge in [0.2, 0.25) is 0 Å². The van der Waals surface area contributed by atoms with Gasteiger partial charge in [0, 0.05) is 29.7 Å². The summed E-state index contributed by atoms with van der Waals surface area (Å²) >= 11 is 1.61. The Kier molecular flexibility index (Phi) is 5.04. The predicted octanol–water partition coefficient (Wildman–Crippen LogP) is 4.43. The van der Waals surface area contributed by atoms with Crippen molar-refractivity contribution < 1.29 is 4.39 Å². The number of benzene rings is 1. The average molecular weight is 368 g/mol. The van der Waals surface area contributed by atoms with E-state index in [1.807, 2.05) is 36.7 Å². The highest BCUT2D eigenvalue weighted by atomic mass is 32.1. The molecule has 3 heterocycles. The second kappa shape index (κ2) is 7.60. The molecule has 3 aromatic rings. The molecule has 0 unspecified atom stereocenters. The van der Waals surface area contributed by atoms with Crippen molar-refractivity contribution in [1.29, 1.82) is 0 Å². The molecule has 26 heavy (non-hydrogen) atoms. The van der Waals surface area contributed by atoms with Crippen LogP contribution < -0.4 is 0 Å². The first-order valence-corrected chi connectivity index (χ1v) is 9.77. The van der Waals surface area contributed by atoms with Crippen LogP contribution in [0.25, 0.3) is 10.7 Å². The second-order valence-corrected chi connectivity index (χ2v) is 7.66. The molecule has 134 valence electrons. The van der Waals surface area contributed by atoms with Crippen LogP contribution in [0, 0.1) is 12.7 Å². The topological polar surface area (TPSA) is 41.9 Å². The average Bonchev–Trinajstić information content (AvgIpc) is 3.19.